The highest BCUT2D eigenvalue weighted by Gasteiger charge is 2.38. The van der Waals surface area contributed by atoms with Crippen LogP contribution in [-0.4, -0.2) is 16.4 Å². The minimum absolute atomic E-state index is 0.0266. The van der Waals surface area contributed by atoms with E-state index < -0.39 is 5.60 Å². The molecule has 1 aliphatic rings. The molecule has 1 aliphatic heterocycles. The van der Waals surface area contributed by atoms with E-state index in [0.29, 0.717) is 5.57 Å². The minimum Gasteiger partial charge on any atom is -0.480 e. The lowest BCUT2D eigenvalue weighted by molar-refractivity contribution is 0.0954. The molecule has 2 aromatic carbocycles. The first-order valence-electron chi connectivity index (χ1n) is 11.6. The zero-order valence-electron chi connectivity index (χ0n) is 20.8. The first kappa shape index (κ1) is 24.8. The summed E-state index contributed by atoms with van der Waals surface area (Å²) in [7, 11) is 1.93. The van der Waals surface area contributed by atoms with Crippen LogP contribution in [0.1, 0.15) is 25.2 Å². The van der Waals surface area contributed by atoms with Crippen molar-refractivity contribution in [3.8, 4) is 18.2 Å². The van der Waals surface area contributed by atoms with E-state index in [1.54, 1.807) is 26.1 Å². The van der Waals surface area contributed by atoms with Crippen LogP contribution in [0.25, 0.3) is 6.08 Å². The molecule has 0 saturated heterocycles. The Labute approximate surface area is 216 Å². The highest BCUT2D eigenvalue weighted by atomic mass is 16.5. The normalized spacial score (nSPS) is 14.3. The molecular formula is C30H24N6O. The predicted octanol–water partition coefficient (Wildman–Crippen LogP) is 6.14. The van der Waals surface area contributed by atoms with Gasteiger partial charge in [0.1, 0.15) is 29.4 Å². The smallest absolute Gasteiger partial charge is 0.172 e. The Kier molecular flexibility index (Phi) is 7.05. The van der Waals surface area contributed by atoms with Crippen molar-refractivity contribution < 1.29 is 4.74 Å². The average Bonchev–Trinajstić information content (AvgIpc) is 3.39. The number of hydrazone groups is 1. The lowest BCUT2D eigenvalue weighted by atomic mass is 9.94. The zero-order chi connectivity index (χ0) is 26.4. The first-order chi connectivity index (χ1) is 17.9. The number of rotatable bonds is 6. The Hall–Kier alpha value is -5.32. The van der Waals surface area contributed by atoms with Crippen molar-refractivity contribution in [2.45, 2.75) is 19.4 Å². The molecule has 0 N–H and O–H groups in total. The van der Waals surface area contributed by atoms with Crippen LogP contribution in [0.15, 0.2) is 106 Å². The van der Waals surface area contributed by atoms with Crippen molar-refractivity contribution in [3.63, 3.8) is 0 Å². The van der Waals surface area contributed by atoms with Crippen LogP contribution in [-0.2, 0) is 11.8 Å². The van der Waals surface area contributed by atoms with Crippen molar-refractivity contribution in [2.24, 2.45) is 12.1 Å². The summed E-state index contributed by atoms with van der Waals surface area (Å²) in [6.07, 6.45) is 5.48. The summed E-state index contributed by atoms with van der Waals surface area (Å²) in [6, 6.07) is 29.5. The second-order valence-electron chi connectivity index (χ2n) is 8.74. The fourth-order valence-corrected chi connectivity index (χ4v) is 4.03. The van der Waals surface area contributed by atoms with E-state index in [0.717, 1.165) is 22.8 Å². The number of hydrogen-bond acceptors (Lipinski definition) is 6. The Morgan fingerprint density at radius 1 is 0.865 bits per heavy atom. The number of nitrogens with zero attached hydrogens (tertiary/aromatic N) is 6. The van der Waals surface area contributed by atoms with E-state index >= 15 is 0 Å². The second kappa shape index (κ2) is 10.5. The van der Waals surface area contributed by atoms with Crippen molar-refractivity contribution >= 4 is 23.7 Å². The molecule has 4 rings (SSSR count). The average molecular weight is 485 g/mol. The van der Waals surface area contributed by atoms with Gasteiger partial charge in [-0.05, 0) is 56.3 Å². The van der Waals surface area contributed by atoms with Gasteiger partial charge in [0.15, 0.2) is 11.3 Å². The molecule has 3 aromatic rings. The molecule has 37 heavy (non-hydrogen) atoms. The number of aromatic nitrogens is 1. The third kappa shape index (κ3) is 5.05. The van der Waals surface area contributed by atoms with E-state index in [-0.39, 0.29) is 16.9 Å². The quantitative estimate of drug-likeness (QED) is 0.238. The second-order valence-corrected chi connectivity index (χ2v) is 8.74. The topological polar surface area (TPSA) is 101 Å². The Morgan fingerprint density at radius 3 is 1.97 bits per heavy atom. The van der Waals surface area contributed by atoms with Crippen LogP contribution >= 0.6 is 0 Å². The number of benzene rings is 2. The molecule has 0 saturated carbocycles. The van der Waals surface area contributed by atoms with Crippen LogP contribution in [0, 0.1) is 34.0 Å². The molecule has 0 atom stereocenters. The fourth-order valence-electron chi connectivity index (χ4n) is 4.03. The molecule has 0 unspecified atom stereocenters. The summed E-state index contributed by atoms with van der Waals surface area (Å²) in [5.41, 5.74) is 3.36. The molecule has 0 radical (unpaired) electrons. The number of anilines is 2. The van der Waals surface area contributed by atoms with Crippen molar-refractivity contribution in [3.05, 3.63) is 113 Å². The predicted molar refractivity (Wildman–Crippen MR) is 143 cm³/mol. The first-order valence-corrected chi connectivity index (χ1v) is 11.6. The standard InChI is InChI=1S/C30H24N6O/c1-30(2)28(27(20-33)29(37-30)22(18-31)19-32)17-16-23-14-15-26(35(23)3)21-34-36(24-10-6-4-7-11-24)25-12-8-5-9-13-25/h4-17,21H,1-3H3/b17-16+,34-21+. The van der Waals surface area contributed by atoms with Gasteiger partial charge in [-0.1, -0.05) is 42.5 Å². The SMILES string of the molecule is Cn1c(/C=C/C2=C(C#N)C(=C(C#N)C#N)OC2(C)C)ccc1/C=N/N(c1ccccc1)c1ccccc1. The molecule has 0 spiro atoms. The summed E-state index contributed by atoms with van der Waals surface area (Å²) in [6.45, 7) is 3.60. The monoisotopic (exact) mass is 484 g/mol. The van der Waals surface area contributed by atoms with Crippen LogP contribution < -0.4 is 5.01 Å². The van der Waals surface area contributed by atoms with Crippen LogP contribution in [0.3, 0.4) is 0 Å². The minimum atomic E-state index is -0.864. The highest BCUT2D eigenvalue weighted by molar-refractivity contribution is 5.81. The maximum Gasteiger partial charge on any atom is 0.172 e. The van der Waals surface area contributed by atoms with E-state index in [9.17, 15) is 15.8 Å². The summed E-state index contributed by atoms with van der Waals surface area (Å²) < 4.78 is 7.82. The molecule has 0 bridgehead atoms. The third-order valence-electron chi connectivity index (χ3n) is 5.99. The Morgan fingerprint density at radius 2 is 1.43 bits per heavy atom. The maximum atomic E-state index is 9.74. The number of allylic oxidation sites excluding steroid dienone is 2. The van der Waals surface area contributed by atoms with Gasteiger partial charge in [-0.3, -0.25) is 0 Å². The molecule has 7 heteroatoms. The summed E-state index contributed by atoms with van der Waals surface area (Å²) in [4.78, 5) is 0. The van der Waals surface area contributed by atoms with Crippen LogP contribution in [0.5, 0.6) is 0 Å². The van der Waals surface area contributed by atoms with Crippen molar-refractivity contribution in [2.75, 3.05) is 5.01 Å². The molecule has 0 amide bonds. The zero-order valence-corrected chi connectivity index (χ0v) is 20.8. The van der Waals surface area contributed by atoms with Gasteiger partial charge in [-0.15, -0.1) is 0 Å². The van der Waals surface area contributed by atoms with Gasteiger partial charge >= 0.3 is 0 Å². The van der Waals surface area contributed by atoms with Gasteiger partial charge < -0.3 is 9.30 Å². The number of hydrogen-bond donors (Lipinski definition) is 0. The van der Waals surface area contributed by atoms with E-state index in [4.69, 9.17) is 9.84 Å². The molecule has 2 heterocycles. The third-order valence-corrected chi connectivity index (χ3v) is 5.99. The maximum absolute atomic E-state index is 9.74. The van der Waals surface area contributed by atoms with Crippen LogP contribution in [0.4, 0.5) is 11.4 Å². The van der Waals surface area contributed by atoms with E-state index in [1.807, 2.05) is 108 Å². The molecule has 7 nitrogen and oxygen atoms in total. The number of para-hydroxylation sites is 2. The molecule has 0 fully saturated rings. The van der Waals surface area contributed by atoms with Gasteiger partial charge in [-0.2, -0.15) is 20.9 Å². The lowest BCUT2D eigenvalue weighted by Crippen LogP contribution is -2.20. The van der Waals surface area contributed by atoms with Gasteiger partial charge in [-0.25, -0.2) is 5.01 Å². The summed E-state index contributed by atoms with van der Waals surface area (Å²) in [5, 5.41) is 34.9. The number of nitriles is 3. The Bertz CT molecular complexity index is 1500. The van der Waals surface area contributed by atoms with E-state index in [1.165, 1.54) is 0 Å². The van der Waals surface area contributed by atoms with Gasteiger partial charge in [0.25, 0.3) is 0 Å². The largest absolute Gasteiger partial charge is 0.480 e. The molecular weight excluding hydrogens is 460 g/mol. The van der Waals surface area contributed by atoms with Gasteiger partial charge in [0, 0.05) is 18.3 Å². The summed E-state index contributed by atoms with van der Waals surface area (Å²) >= 11 is 0. The molecule has 1 aromatic heterocycles. The van der Waals surface area contributed by atoms with Crippen molar-refractivity contribution in [1.82, 2.24) is 4.57 Å². The van der Waals surface area contributed by atoms with Crippen molar-refractivity contribution in [1.29, 1.82) is 15.8 Å². The molecule has 0 aliphatic carbocycles. The van der Waals surface area contributed by atoms with Gasteiger partial charge in [0.2, 0.25) is 0 Å². The van der Waals surface area contributed by atoms with E-state index in [2.05, 4.69) is 6.07 Å². The van der Waals surface area contributed by atoms with Gasteiger partial charge in [0.05, 0.1) is 23.3 Å². The van der Waals surface area contributed by atoms with Crippen LogP contribution in [0.2, 0.25) is 0 Å². The lowest BCUT2D eigenvalue weighted by Gasteiger charge is -2.20. The highest BCUT2D eigenvalue weighted by Crippen LogP contribution is 2.40. The molecule has 180 valence electrons. The number of ether oxygens (including phenoxy) is 1. The summed E-state index contributed by atoms with van der Waals surface area (Å²) in [5.74, 6) is 0.0266. The Balaban J connectivity index is 1.66. The fraction of sp³-hybridized carbons (Fsp3) is 0.133.